The van der Waals surface area contributed by atoms with Gasteiger partial charge in [-0.1, -0.05) is 97.9 Å². The van der Waals surface area contributed by atoms with Crippen molar-refractivity contribution in [3.8, 4) is 11.3 Å². The van der Waals surface area contributed by atoms with Gasteiger partial charge in [0.2, 0.25) is 0 Å². The van der Waals surface area contributed by atoms with Crippen LogP contribution in [0.4, 0.5) is 0 Å². The second kappa shape index (κ2) is 9.15. The molecule has 5 rings (SSSR count). The number of rotatable bonds is 6. The lowest BCUT2D eigenvalue weighted by atomic mass is 9.94. The van der Waals surface area contributed by atoms with Gasteiger partial charge in [-0.05, 0) is 22.3 Å². The van der Waals surface area contributed by atoms with E-state index in [-0.39, 0.29) is 6.61 Å². The van der Waals surface area contributed by atoms with Crippen LogP contribution in [0, 0.1) is 0 Å². The first kappa shape index (κ1) is 20.7. The van der Waals surface area contributed by atoms with E-state index in [0.717, 1.165) is 37.4 Å². The molecule has 4 aromatic rings. The predicted octanol–water partition coefficient (Wildman–Crippen LogP) is 5.82. The summed E-state index contributed by atoms with van der Waals surface area (Å²) in [5.74, 6) is 0.383. The van der Waals surface area contributed by atoms with E-state index >= 15 is 0 Å². The van der Waals surface area contributed by atoms with Gasteiger partial charge in [-0.2, -0.15) is 0 Å². The molecule has 0 amide bonds. The number of hydrogen-bond donors (Lipinski definition) is 1. The Hall–Kier alpha value is -3.14. The quantitative estimate of drug-likeness (QED) is 0.424. The van der Waals surface area contributed by atoms with Gasteiger partial charge in [0.1, 0.15) is 0 Å². The third-order valence-electron chi connectivity index (χ3n) is 6.54. The molecule has 1 aliphatic heterocycles. The van der Waals surface area contributed by atoms with Crippen LogP contribution in [0.3, 0.4) is 0 Å². The molecule has 1 unspecified atom stereocenters. The van der Waals surface area contributed by atoms with E-state index in [1.807, 2.05) is 0 Å². The van der Waals surface area contributed by atoms with Crippen molar-refractivity contribution in [1.29, 1.82) is 0 Å². The zero-order valence-electron chi connectivity index (χ0n) is 18.6. The number of benzene rings is 3. The molecule has 162 valence electrons. The zero-order valence-corrected chi connectivity index (χ0v) is 18.6. The van der Waals surface area contributed by atoms with Gasteiger partial charge in [0.15, 0.2) is 0 Å². The van der Waals surface area contributed by atoms with Crippen LogP contribution >= 0.6 is 0 Å². The summed E-state index contributed by atoms with van der Waals surface area (Å²) in [5, 5.41) is 10.5. The Morgan fingerprint density at radius 3 is 1.94 bits per heavy atom. The van der Waals surface area contributed by atoms with Crippen LogP contribution in [0.25, 0.3) is 11.3 Å². The van der Waals surface area contributed by atoms with Crippen LogP contribution in [-0.4, -0.2) is 21.1 Å². The first-order valence-corrected chi connectivity index (χ1v) is 11.4. The van der Waals surface area contributed by atoms with Crippen LogP contribution in [0.15, 0.2) is 91.0 Å². The van der Waals surface area contributed by atoms with Crippen LogP contribution in [0.1, 0.15) is 40.8 Å². The molecule has 0 bridgehead atoms. The minimum absolute atomic E-state index is 0.0558. The maximum Gasteiger partial charge on any atom is 0.0706 e. The molecule has 32 heavy (non-hydrogen) atoms. The molecule has 3 nitrogen and oxygen atoms in total. The smallest absolute Gasteiger partial charge is 0.0706 e. The maximum atomic E-state index is 10.5. The molecule has 3 aromatic carbocycles. The van der Waals surface area contributed by atoms with Gasteiger partial charge < -0.3 is 9.67 Å². The Bertz CT molecular complexity index is 1170. The van der Waals surface area contributed by atoms with Gasteiger partial charge in [-0.3, -0.25) is 4.90 Å². The van der Waals surface area contributed by atoms with Gasteiger partial charge in [0.25, 0.3) is 0 Å². The molecular weight excluding hydrogens is 392 g/mol. The summed E-state index contributed by atoms with van der Waals surface area (Å²) >= 11 is 0. The highest BCUT2D eigenvalue weighted by molar-refractivity contribution is 5.68. The van der Waals surface area contributed by atoms with Gasteiger partial charge in [-0.25, -0.2) is 0 Å². The predicted molar refractivity (Wildman–Crippen MR) is 130 cm³/mol. The van der Waals surface area contributed by atoms with Crippen LogP contribution < -0.4 is 0 Å². The average molecular weight is 423 g/mol. The largest absolute Gasteiger partial charge is 0.392 e. The molecule has 3 heteroatoms. The van der Waals surface area contributed by atoms with E-state index in [1.165, 1.54) is 27.9 Å². The van der Waals surface area contributed by atoms with Crippen molar-refractivity contribution in [3.63, 3.8) is 0 Å². The van der Waals surface area contributed by atoms with Crippen LogP contribution in [0.5, 0.6) is 0 Å². The molecule has 0 saturated heterocycles. The third-order valence-corrected chi connectivity index (χ3v) is 6.54. The monoisotopic (exact) mass is 422 g/mol. The average Bonchev–Trinajstić information content (AvgIpc) is 3.14. The fourth-order valence-electron chi connectivity index (χ4n) is 5.23. The number of fused-ring (bicyclic) bond motifs is 1. The van der Waals surface area contributed by atoms with Crippen molar-refractivity contribution in [3.05, 3.63) is 119 Å². The van der Waals surface area contributed by atoms with Gasteiger partial charge in [-0.15, -0.1) is 0 Å². The SMILES string of the molecule is CC1CN(Cc2ccccc2)Cc2c(CO)c(-c3ccccc3)n(Cc3ccccc3)c21. The number of aromatic nitrogens is 1. The van der Waals surface area contributed by atoms with Gasteiger partial charge in [0.05, 0.1) is 12.3 Å². The highest BCUT2D eigenvalue weighted by Crippen LogP contribution is 2.40. The van der Waals surface area contributed by atoms with Crippen molar-refractivity contribution in [2.24, 2.45) is 0 Å². The first-order chi connectivity index (χ1) is 15.7. The molecule has 1 N–H and O–H groups in total. The Morgan fingerprint density at radius 1 is 0.781 bits per heavy atom. The summed E-state index contributed by atoms with van der Waals surface area (Å²) in [7, 11) is 0. The lowest BCUT2D eigenvalue weighted by molar-refractivity contribution is 0.218. The topological polar surface area (TPSA) is 28.4 Å². The molecule has 0 saturated carbocycles. The van der Waals surface area contributed by atoms with Crippen molar-refractivity contribution in [2.75, 3.05) is 6.54 Å². The van der Waals surface area contributed by atoms with Gasteiger partial charge >= 0.3 is 0 Å². The number of nitrogens with zero attached hydrogens (tertiary/aromatic N) is 2. The normalized spacial score (nSPS) is 16.1. The zero-order chi connectivity index (χ0) is 21.9. The summed E-state index contributed by atoms with van der Waals surface area (Å²) in [6.07, 6.45) is 0. The Labute approximate surface area is 190 Å². The number of hydrogen-bond acceptors (Lipinski definition) is 2. The van der Waals surface area contributed by atoms with Crippen molar-refractivity contribution in [2.45, 2.75) is 39.1 Å². The summed E-state index contributed by atoms with van der Waals surface area (Å²) in [4.78, 5) is 2.52. The Kier molecular flexibility index (Phi) is 5.93. The fraction of sp³-hybridized carbons (Fsp3) is 0.241. The van der Waals surface area contributed by atoms with Gasteiger partial charge in [0, 0.05) is 43.4 Å². The summed E-state index contributed by atoms with van der Waals surface area (Å²) in [6, 6.07) is 31.9. The molecule has 1 aliphatic rings. The molecule has 0 fully saturated rings. The van der Waals surface area contributed by atoms with E-state index in [0.29, 0.717) is 5.92 Å². The van der Waals surface area contributed by atoms with E-state index in [1.54, 1.807) is 0 Å². The van der Waals surface area contributed by atoms with E-state index in [2.05, 4.69) is 107 Å². The number of aliphatic hydroxyl groups is 1. The lowest BCUT2D eigenvalue weighted by Gasteiger charge is -2.33. The molecule has 0 spiro atoms. The minimum Gasteiger partial charge on any atom is -0.392 e. The lowest BCUT2D eigenvalue weighted by Crippen LogP contribution is -2.33. The minimum atomic E-state index is 0.0558. The standard InChI is InChI=1S/C29H30N2O/c1-22-17-30(18-23-11-5-2-6-12-23)20-26-27(21-32)29(25-15-9-4-10-16-25)31(28(22)26)19-24-13-7-3-8-14-24/h2-16,22,32H,17-21H2,1H3. The molecule has 1 atom stereocenters. The second-order valence-electron chi connectivity index (χ2n) is 8.84. The molecule has 1 aromatic heterocycles. The Balaban J connectivity index is 1.61. The van der Waals surface area contributed by atoms with Crippen molar-refractivity contribution >= 4 is 0 Å². The van der Waals surface area contributed by atoms with E-state index in [4.69, 9.17) is 0 Å². The van der Waals surface area contributed by atoms with E-state index in [9.17, 15) is 5.11 Å². The maximum absolute atomic E-state index is 10.5. The van der Waals surface area contributed by atoms with Crippen molar-refractivity contribution in [1.82, 2.24) is 9.47 Å². The fourth-order valence-corrected chi connectivity index (χ4v) is 5.23. The summed E-state index contributed by atoms with van der Waals surface area (Å²) < 4.78 is 2.47. The summed E-state index contributed by atoms with van der Waals surface area (Å²) in [6.45, 7) is 6.01. The molecule has 0 radical (unpaired) electrons. The third kappa shape index (κ3) is 4.02. The highest BCUT2D eigenvalue weighted by atomic mass is 16.3. The van der Waals surface area contributed by atoms with Crippen molar-refractivity contribution < 1.29 is 5.11 Å². The van der Waals surface area contributed by atoms with E-state index < -0.39 is 0 Å². The summed E-state index contributed by atoms with van der Waals surface area (Å²) in [5.41, 5.74) is 8.70. The molecular formula is C29H30N2O. The molecule has 0 aliphatic carbocycles. The second-order valence-corrected chi connectivity index (χ2v) is 8.84. The first-order valence-electron chi connectivity index (χ1n) is 11.4. The Morgan fingerprint density at radius 2 is 1.34 bits per heavy atom. The highest BCUT2D eigenvalue weighted by Gasteiger charge is 2.32. The van der Waals surface area contributed by atoms with Crippen LogP contribution in [0.2, 0.25) is 0 Å². The number of aliphatic hydroxyl groups excluding tert-OH is 1. The van der Waals surface area contributed by atoms with Crippen LogP contribution in [-0.2, 0) is 26.2 Å². The molecule has 2 heterocycles.